The van der Waals surface area contributed by atoms with Crippen LogP contribution in [-0.4, -0.2) is 26.7 Å². The number of benzene rings is 2. The molecule has 0 bridgehead atoms. The summed E-state index contributed by atoms with van der Waals surface area (Å²) in [7, 11) is 0. The lowest BCUT2D eigenvalue weighted by molar-refractivity contribution is 0.377. The Labute approximate surface area is 155 Å². The van der Waals surface area contributed by atoms with Crippen molar-refractivity contribution >= 4 is 16.9 Å². The van der Waals surface area contributed by atoms with Crippen LogP contribution in [0.1, 0.15) is 18.0 Å². The summed E-state index contributed by atoms with van der Waals surface area (Å²) >= 11 is 0. The van der Waals surface area contributed by atoms with Crippen molar-refractivity contribution in [3.05, 3.63) is 65.9 Å². The minimum Gasteiger partial charge on any atom is -0.369 e. The number of fused-ring (bicyclic) bond motifs is 1. The molecule has 2 heterocycles. The first-order chi connectivity index (χ1) is 13.2. The van der Waals surface area contributed by atoms with Gasteiger partial charge in [0, 0.05) is 18.5 Å². The fourth-order valence-electron chi connectivity index (χ4n) is 2.77. The van der Waals surface area contributed by atoms with Gasteiger partial charge in [-0.25, -0.2) is 14.4 Å². The predicted molar refractivity (Wildman–Crippen MR) is 101 cm³/mol. The third kappa shape index (κ3) is 3.92. The van der Waals surface area contributed by atoms with Crippen molar-refractivity contribution in [1.29, 1.82) is 0 Å². The van der Waals surface area contributed by atoms with Crippen LogP contribution in [0.25, 0.3) is 22.4 Å². The highest BCUT2D eigenvalue weighted by molar-refractivity contribution is 5.76. The van der Waals surface area contributed by atoms with Crippen LogP contribution < -0.4 is 5.32 Å². The molecule has 0 aliphatic heterocycles. The zero-order chi connectivity index (χ0) is 18.6. The number of rotatable bonds is 6. The predicted octanol–water partition coefficient (Wildman–Crippen LogP) is 4.17. The number of anilines is 1. The van der Waals surface area contributed by atoms with E-state index in [-0.39, 0.29) is 5.82 Å². The van der Waals surface area contributed by atoms with E-state index in [0.29, 0.717) is 24.7 Å². The first kappa shape index (κ1) is 17.1. The Hall–Kier alpha value is -3.35. The number of hydrogen-bond acceptors (Lipinski definition) is 6. The van der Waals surface area contributed by atoms with Crippen molar-refractivity contribution in [3.63, 3.8) is 0 Å². The van der Waals surface area contributed by atoms with Crippen LogP contribution in [0.2, 0.25) is 0 Å². The van der Waals surface area contributed by atoms with Crippen molar-refractivity contribution in [2.45, 2.75) is 19.8 Å². The highest BCUT2D eigenvalue weighted by Crippen LogP contribution is 2.18. The average Bonchev–Trinajstić information content (AvgIpc) is 3.15. The third-order valence-electron chi connectivity index (χ3n) is 4.18. The van der Waals surface area contributed by atoms with Gasteiger partial charge in [0.2, 0.25) is 11.7 Å². The standard InChI is InChI=1S/C20H18FN5O/c1-13-19(24-17-6-3-2-5-16(17)23-13)22-12-4-7-18-25-20(26-27-18)14-8-10-15(21)11-9-14/h2-3,5-6,8-11H,4,7,12H2,1H3,(H,22,24). The molecular weight excluding hydrogens is 345 g/mol. The van der Waals surface area contributed by atoms with E-state index in [9.17, 15) is 4.39 Å². The van der Waals surface area contributed by atoms with Gasteiger partial charge in [0.05, 0.1) is 16.7 Å². The summed E-state index contributed by atoms with van der Waals surface area (Å²) in [5.74, 6) is 1.51. The molecule has 6 nitrogen and oxygen atoms in total. The zero-order valence-corrected chi connectivity index (χ0v) is 14.8. The van der Waals surface area contributed by atoms with Crippen LogP contribution in [0.15, 0.2) is 53.1 Å². The maximum atomic E-state index is 13.0. The summed E-state index contributed by atoms with van der Waals surface area (Å²) in [6, 6.07) is 13.8. The number of para-hydroxylation sites is 2. The number of nitrogens with zero attached hydrogens (tertiary/aromatic N) is 4. The van der Waals surface area contributed by atoms with Gasteiger partial charge in [-0.2, -0.15) is 4.98 Å². The summed E-state index contributed by atoms with van der Waals surface area (Å²) in [4.78, 5) is 13.5. The molecule has 0 amide bonds. The highest BCUT2D eigenvalue weighted by Gasteiger charge is 2.09. The summed E-state index contributed by atoms with van der Waals surface area (Å²) < 4.78 is 18.3. The molecule has 0 atom stereocenters. The molecule has 0 aliphatic rings. The number of halogens is 1. The SMILES string of the molecule is Cc1nc2ccccc2nc1NCCCc1nc(-c2ccc(F)cc2)no1. The van der Waals surface area contributed by atoms with E-state index in [1.54, 1.807) is 12.1 Å². The van der Waals surface area contributed by atoms with E-state index in [4.69, 9.17) is 4.52 Å². The van der Waals surface area contributed by atoms with Gasteiger partial charge in [-0.05, 0) is 49.7 Å². The first-order valence-corrected chi connectivity index (χ1v) is 8.75. The summed E-state index contributed by atoms with van der Waals surface area (Å²) in [5.41, 5.74) is 3.35. The van der Waals surface area contributed by atoms with Crippen molar-refractivity contribution in [2.24, 2.45) is 0 Å². The molecule has 2 aromatic carbocycles. The number of aromatic nitrogens is 4. The number of nitrogens with one attached hydrogen (secondary N) is 1. The molecule has 136 valence electrons. The molecule has 0 unspecified atom stereocenters. The molecule has 0 aliphatic carbocycles. The third-order valence-corrected chi connectivity index (χ3v) is 4.18. The molecular formula is C20H18FN5O. The highest BCUT2D eigenvalue weighted by atomic mass is 19.1. The van der Waals surface area contributed by atoms with Crippen molar-refractivity contribution < 1.29 is 8.91 Å². The van der Waals surface area contributed by atoms with Gasteiger partial charge in [-0.1, -0.05) is 17.3 Å². The van der Waals surface area contributed by atoms with E-state index < -0.39 is 0 Å². The summed E-state index contributed by atoms with van der Waals surface area (Å²) in [5, 5.41) is 7.26. The lowest BCUT2D eigenvalue weighted by atomic mass is 10.2. The molecule has 1 N–H and O–H groups in total. The smallest absolute Gasteiger partial charge is 0.227 e. The minimum atomic E-state index is -0.291. The Kier molecular flexibility index (Phi) is 4.74. The zero-order valence-electron chi connectivity index (χ0n) is 14.8. The second-order valence-corrected chi connectivity index (χ2v) is 6.20. The minimum absolute atomic E-state index is 0.291. The van der Waals surface area contributed by atoms with E-state index >= 15 is 0 Å². The van der Waals surface area contributed by atoms with Crippen LogP contribution >= 0.6 is 0 Å². The molecule has 0 spiro atoms. The Morgan fingerprint density at radius 1 is 0.963 bits per heavy atom. The quantitative estimate of drug-likeness (QED) is 0.518. The average molecular weight is 363 g/mol. The molecule has 0 fully saturated rings. The second kappa shape index (κ2) is 7.49. The molecule has 2 aromatic heterocycles. The van der Waals surface area contributed by atoms with Gasteiger partial charge < -0.3 is 9.84 Å². The maximum absolute atomic E-state index is 13.0. The van der Waals surface area contributed by atoms with E-state index in [0.717, 1.165) is 34.5 Å². The van der Waals surface area contributed by atoms with Gasteiger partial charge in [0.15, 0.2) is 0 Å². The van der Waals surface area contributed by atoms with Crippen molar-refractivity contribution in [2.75, 3.05) is 11.9 Å². The van der Waals surface area contributed by atoms with E-state index in [1.165, 1.54) is 12.1 Å². The maximum Gasteiger partial charge on any atom is 0.227 e. The van der Waals surface area contributed by atoms with Gasteiger partial charge in [-0.3, -0.25) is 0 Å². The fraction of sp³-hybridized carbons (Fsp3) is 0.200. The van der Waals surface area contributed by atoms with Crippen LogP contribution in [0.3, 0.4) is 0 Å². The van der Waals surface area contributed by atoms with Gasteiger partial charge in [-0.15, -0.1) is 0 Å². The monoisotopic (exact) mass is 363 g/mol. The van der Waals surface area contributed by atoms with Gasteiger partial charge in [0.25, 0.3) is 0 Å². The second-order valence-electron chi connectivity index (χ2n) is 6.20. The molecule has 7 heteroatoms. The van der Waals surface area contributed by atoms with Gasteiger partial charge >= 0.3 is 0 Å². The Balaban J connectivity index is 1.34. The molecule has 4 aromatic rings. The Morgan fingerprint density at radius 2 is 1.70 bits per heavy atom. The summed E-state index contributed by atoms with van der Waals surface area (Å²) in [6.45, 7) is 2.65. The molecule has 0 saturated carbocycles. The Morgan fingerprint density at radius 3 is 2.48 bits per heavy atom. The Bertz CT molecular complexity index is 1060. The lowest BCUT2D eigenvalue weighted by Gasteiger charge is -2.08. The normalized spacial score (nSPS) is 11.0. The van der Waals surface area contributed by atoms with Crippen LogP contribution in [-0.2, 0) is 6.42 Å². The number of hydrogen-bond donors (Lipinski definition) is 1. The van der Waals surface area contributed by atoms with Crippen LogP contribution in [0, 0.1) is 12.7 Å². The van der Waals surface area contributed by atoms with Crippen LogP contribution in [0.5, 0.6) is 0 Å². The number of aryl methyl sites for hydroxylation is 2. The van der Waals surface area contributed by atoms with Gasteiger partial charge in [0.1, 0.15) is 11.6 Å². The van der Waals surface area contributed by atoms with E-state index in [2.05, 4.69) is 25.4 Å². The first-order valence-electron chi connectivity index (χ1n) is 8.75. The lowest BCUT2D eigenvalue weighted by Crippen LogP contribution is -2.07. The largest absolute Gasteiger partial charge is 0.369 e. The van der Waals surface area contributed by atoms with Crippen molar-refractivity contribution in [3.8, 4) is 11.4 Å². The van der Waals surface area contributed by atoms with Crippen LogP contribution in [0.4, 0.5) is 10.2 Å². The van der Waals surface area contributed by atoms with Crippen molar-refractivity contribution in [1.82, 2.24) is 20.1 Å². The molecule has 4 rings (SSSR count). The topological polar surface area (TPSA) is 76.7 Å². The molecule has 0 radical (unpaired) electrons. The van der Waals surface area contributed by atoms with E-state index in [1.807, 2.05) is 31.2 Å². The summed E-state index contributed by atoms with van der Waals surface area (Å²) in [6.07, 6.45) is 1.44. The fourth-order valence-corrected chi connectivity index (χ4v) is 2.77. The molecule has 0 saturated heterocycles. The molecule has 27 heavy (non-hydrogen) atoms.